The standard InChI is InChI=1S/C8H15FN2/c9-7-4-8(6-10)2-1-3-11(8)5-7/h7H,1-6,10H2/t7-,8+/m0/s1. The Morgan fingerprint density at radius 1 is 1.64 bits per heavy atom. The summed E-state index contributed by atoms with van der Waals surface area (Å²) in [5.41, 5.74) is 5.72. The van der Waals surface area contributed by atoms with Crippen molar-refractivity contribution in [1.82, 2.24) is 4.90 Å². The van der Waals surface area contributed by atoms with E-state index in [2.05, 4.69) is 4.90 Å². The van der Waals surface area contributed by atoms with Crippen molar-refractivity contribution in [1.29, 1.82) is 0 Å². The van der Waals surface area contributed by atoms with Crippen molar-refractivity contribution in [3.05, 3.63) is 0 Å². The zero-order chi connectivity index (χ0) is 7.90. The average molecular weight is 158 g/mol. The second kappa shape index (κ2) is 2.42. The highest BCUT2D eigenvalue weighted by Crippen LogP contribution is 2.38. The van der Waals surface area contributed by atoms with Gasteiger partial charge in [-0.25, -0.2) is 4.39 Å². The Hall–Kier alpha value is -0.150. The maximum absolute atomic E-state index is 13.0. The van der Waals surface area contributed by atoms with Crippen molar-refractivity contribution < 1.29 is 4.39 Å². The monoisotopic (exact) mass is 158 g/mol. The van der Waals surface area contributed by atoms with Crippen molar-refractivity contribution in [2.45, 2.75) is 31.0 Å². The Morgan fingerprint density at radius 2 is 2.45 bits per heavy atom. The van der Waals surface area contributed by atoms with E-state index in [0.717, 1.165) is 13.0 Å². The molecule has 0 spiro atoms. The van der Waals surface area contributed by atoms with Gasteiger partial charge in [-0.15, -0.1) is 0 Å². The molecule has 2 rings (SSSR count). The second-order valence-electron chi connectivity index (χ2n) is 3.78. The van der Waals surface area contributed by atoms with Crippen molar-refractivity contribution in [2.75, 3.05) is 19.6 Å². The maximum atomic E-state index is 13.0. The van der Waals surface area contributed by atoms with E-state index in [0.29, 0.717) is 19.5 Å². The van der Waals surface area contributed by atoms with E-state index in [4.69, 9.17) is 5.73 Å². The maximum Gasteiger partial charge on any atom is 0.115 e. The van der Waals surface area contributed by atoms with E-state index in [1.807, 2.05) is 0 Å². The molecule has 2 nitrogen and oxygen atoms in total. The Balaban J connectivity index is 2.15. The molecule has 11 heavy (non-hydrogen) atoms. The number of fused-ring (bicyclic) bond motifs is 1. The molecule has 2 atom stereocenters. The number of halogens is 1. The Morgan fingerprint density at radius 3 is 3.09 bits per heavy atom. The van der Waals surface area contributed by atoms with Gasteiger partial charge in [-0.1, -0.05) is 0 Å². The van der Waals surface area contributed by atoms with Crippen LogP contribution in [0.4, 0.5) is 4.39 Å². The highest BCUT2D eigenvalue weighted by atomic mass is 19.1. The van der Waals surface area contributed by atoms with Gasteiger partial charge in [0.2, 0.25) is 0 Å². The van der Waals surface area contributed by atoms with E-state index in [1.165, 1.54) is 6.42 Å². The number of hydrogen-bond donors (Lipinski definition) is 1. The SMILES string of the molecule is NC[C@]12CCCN1C[C@@H](F)C2. The van der Waals surface area contributed by atoms with Crippen LogP contribution in [0.3, 0.4) is 0 Å². The third kappa shape index (κ3) is 0.983. The topological polar surface area (TPSA) is 29.3 Å². The summed E-state index contributed by atoms with van der Waals surface area (Å²) >= 11 is 0. The fourth-order valence-electron chi connectivity index (χ4n) is 2.54. The highest BCUT2D eigenvalue weighted by Gasteiger charge is 2.47. The van der Waals surface area contributed by atoms with Crippen molar-refractivity contribution in [3.63, 3.8) is 0 Å². The molecule has 64 valence electrons. The van der Waals surface area contributed by atoms with Crippen LogP contribution in [0.25, 0.3) is 0 Å². The summed E-state index contributed by atoms with van der Waals surface area (Å²) in [6.45, 7) is 2.31. The minimum absolute atomic E-state index is 0.0550. The van der Waals surface area contributed by atoms with Crippen LogP contribution in [0, 0.1) is 0 Å². The van der Waals surface area contributed by atoms with Crippen LogP contribution in [0.2, 0.25) is 0 Å². The Bertz CT molecular complexity index is 162. The second-order valence-corrected chi connectivity index (χ2v) is 3.78. The number of hydrogen-bond acceptors (Lipinski definition) is 2. The molecule has 0 radical (unpaired) electrons. The summed E-state index contributed by atoms with van der Waals surface area (Å²) < 4.78 is 13.0. The third-order valence-corrected chi connectivity index (χ3v) is 3.14. The minimum Gasteiger partial charge on any atom is -0.329 e. The predicted molar refractivity (Wildman–Crippen MR) is 42.1 cm³/mol. The molecule has 0 aromatic carbocycles. The highest BCUT2D eigenvalue weighted by molar-refractivity contribution is 5.04. The third-order valence-electron chi connectivity index (χ3n) is 3.14. The fraction of sp³-hybridized carbons (Fsp3) is 1.00. The zero-order valence-corrected chi connectivity index (χ0v) is 6.72. The number of rotatable bonds is 1. The largest absolute Gasteiger partial charge is 0.329 e. The van der Waals surface area contributed by atoms with E-state index < -0.39 is 6.17 Å². The number of nitrogens with two attached hydrogens (primary N) is 1. The van der Waals surface area contributed by atoms with E-state index in [9.17, 15) is 4.39 Å². The minimum atomic E-state index is -0.626. The van der Waals surface area contributed by atoms with E-state index in [-0.39, 0.29) is 5.54 Å². The molecule has 2 fully saturated rings. The molecule has 2 heterocycles. The van der Waals surface area contributed by atoms with Gasteiger partial charge in [0.1, 0.15) is 6.17 Å². The molecule has 2 N–H and O–H groups in total. The van der Waals surface area contributed by atoms with Gasteiger partial charge in [0.05, 0.1) is 0 Å². The summed E-state index contributed by atoms with van der Waals surface area (Å²) in [6, 6.07) is 0. The normalized spacial score (nSPS) is 44.7. The lowest BCUT2D eigenvalue weighted by atomic mass is 9.94. The first kappa shape index (κ1) is 7.50. The van der Waals surface area contributed by atoms with Gasteiger partial charge >= 0.3 is 0 Å². The van der Waals surface area contributed by atoms with Crippen molar-refractivity contribution in [2.24, 2.45) is 5.73 Å². The van der Waals surface area contributed by atoms with E-state index >= 15 is 0 Å². The molecule has 0 amide bonds. The molecule has 3 heteroatoms. The quantitative estimate of drug-likeness (QED) is 0.603. The first-order chi connectivity index (χ1) is 5.27. The molecule has 0 aromatic rings. The van der Waals surface area contributed by atoms with Crippen molar-refractivity contribution >= 4 is 0 Å². The number of nitrogens with zero attached hydrogens (tertiary/aromatic N) is 1. The van der Waals surface area contributed by atoms with Gasteiger partial charge in [0.25, 0.3) is 0 Å². The molecule has 2 aliphatic heterocycles. The lowest BCUT2D eigenvalue weighted by Gasteiger charge is -2.29. The summed E-state index contributed by atoms with van der Waals surface area (Å²) in [5.74, 6) is 0. The smallest absolute Gasteiger partial charge is 0.115 e. The van der Waals surface area contributed by atoms with Crippen LogP contribution in [-0.4, -0.2) is 36.2 Å². The zero-order valence-electron chi connectivity index (χ0n) is 6.72. The van der Waals surface area contributed by atoms with Gasteiger partial charge in [0.15, 0.2) is 0 Å². The molecule has 0 saturated carbocycles. The molecule has 0 bridgehead atoms. The lowest BCUT2D eigenvalue weighted by Crippen LogP contribution is -2.44. The van der Waals surface area contributed by atoms with Crippen LogP contribution >= 0.6 is 0 Å². The van der Waals surface area contributed by atoms with Crippen LogP contribution < -0.4 is 5.73 Å². The molecule has 2 saturated heterocycles. The predicted octanol–water partition coefficient (Wildman–Crippen LogP) is 0.521. The van der Waals surface area contributed by atoms with Gasteiger partial charge in [0, 0.05) is 18.6 Å². The Kier molecular flexibility index (Phi) is 1.65. The number of alkyl halides is 1. The molecular formula is C8H15FN2. The lowest BCUT2D eigenvalue weighted by molar-refractivity contribution is 0.203. The van der Waals surface area contributed by atoms with Gasteiger partial charge in [-0.2, -0.15) is 0 Å². The Labute approximate surface area is 66.5 Å². The summed E-state index contributed by atoms with van der Waals surface area (Å²) in [7, 11) is 0. The van der Waals surface area contributed by atoms with Gasteiger partial charge in [-0.05, 0) is 25.8 Å². The van der Waals surface area contributed by atoms with Crippen LogP contribution in [-0.2, 0) is 0 Å². The molecule has 0 aromatic heterocycles. The summed E-state index contributed by atoms with van der Waals surface area (Å²) in [5, 5.41) is 0. The van der Waals surface area contributed by atoms with Crippen LogP contribution in [0.15, 0.2) is 0 Å². The van der Waals surface area contributed by atoms with E-state index in [1.54, 1.807) is 0 Å². The molecule has 0 aliphatic carbocycles. The summed E-state index contributed by atoms with van der Waals surface area (Å²) in [4.78, 5) is 2.23. The van der Waals surface area contributed by atoms with Gasteiger partial charge < -0.3 is 5.73 Å². The first-order valence-electron chi connectivity index (χ1n) is 4.36. The molecule has 2 aliphatic rings. The fourth-order valence-corrected chi connectivity index (χ4v) is 2.54. The first-order valence-corrected chi connectivity index (χ1v) is 4.36. The van der Waals surface area contributed by atoms with Gasteiger partial charge in [-0.3, -0.25) is 4.90 Å². The van der Waals surface area contributed by atoms with Crippen LogP contribution in [0.1, 0.15) is 19.3 Å². The van der Waals surface area contributed by atoms with Crippen molar-refractivity contribution in [3.8, 4) is 0 Å². The summed E-state index contributed by atoms with van der Waals surface area (Å²) in [6.07, 6.45) is 2.34. The molecule has 0 unspecified atom stereocenters. The average Bonchev–Trinajstić information content (AvgIpc) is 2.43. The van der Waals surface area contributed by atoms with Crippen LogP contribution in [0.5, 0.6) is 0 Å². The molecular weight excluding hydrogens is 143 g/mol.